The summed E-state index contributed by atoms with van der Waals surface area (Å²) in [7, 11) is 0. The van der Waals surface area contributed by atoms with Gasteiger partial charge in [-0.3, -0.25) is 0 Å². The van der Waals surface area contributed by atoms with Crippen LogP contribution in [0, 0.1) is 26.7 Å². The molecule has 94 valence electrons. The van der Waals surface area contributed by atoms with Crippen molar-refractivity contribution in [2.45, 2.75) is 58.9 Å². The highest BCUT2D eigenvalue weighted by Crippen LogP contribution is 2.42. The third-order valence-corrected chi connectivity index (χ3v) is 4.61. The van der Waals surface area contributed by atoms with Crippen LogP contribution in [0.25, 0.3) is 0 Å². The van der Waals surface area contributed by atoms with Crippen LogP contribution in [0.1, 0.15) is 54.9 Å². The Balaban J connectivity index is 2.37. The molecule has 0 spiro atoms. The molecule has 1 saturated carbocycles. The molecule has 0 radical (unpaired) electrons. The van der Waals surface area contributed by atoms with Gasteiger partial charge < -0.3 is 5.73 Å². The van der Waals surface area contributed by atoms with E-state index >= 15 is 0 Å². The minimum atomic E-state index is -0.0662. The average Bonchev–Trinajstić information content (AvgIpc) is 2.66. The van der Waals surface area contributed by atoms with Crippen LogP contribution in [0.5, 0.6) is 0 Å². The molecule has 1 aliphatic rings. The van der Waals surface area contributed by atoms with Crippen molar-refractivity contribution in [3.63, 3.8) is 0 Å². The molecule has 1 aromatic carbocycles. The number of rotatable bonds is 2. The van der Waals surface area contributed by atoms with Crippen molar-refractivity contribution in [1.29, 1.82) is 0 Å². The van der Waals surface area contributed by atoms with Gasteiger partial charge in [0.2, 0.25) is 0 Å². The molecule has 1 aromatic rings. The van der Waals surface area contributed by atoms with Gasteiger partial charge in [0.1, 0.15) is 0 Å². The van der Waals surface area contributed by atoms with E-state index in [1.54, 1.807) is 0 Å². The zero-order chi connectivity index (χ0) is 12.6. The van der Waals surface area contributed by atoms with Gasteiger partial charge >= 0.3 is 0 Å². The maximum atomic E-state index is 6.67. The molecule has 1 aliphatic carbocycles. The first kappa shape index (κ1) is 12.6. The maximum absolute atomic E-state index is 6.67. The lowest BCUT2D eigenvalue weighted by Crippen LogP contribution is -2.34. The molecular formula is C16H25N. The molecular weight excluding hydrogens is 206 g/mol. The van der Waals surface area contributed by atoms with Gasteiger partial charge in [-0.15, -0.1) is 0 Å². The molecule has 1 fully saturated rings. The monoisotopic (exact) mass is 231 g/mol. The second-order valence-corrected chi connectivity index (χ2v) is 5.92. The van der Waals surface area contributed by atoms with Crippen molar-refractivity contribution in [3.8, 4) is 0 Å². The van der Waals surface area contributed by atoms with E-state index in [-0.39, 0.29) is 5.54 Å². The van der Waals surface area contributed by atoms with Crippen molar-refractivity contribution in [3.05, 3.63) is 34.4 Å². The third kappa shape index (κ3) is 2.26. The summed E-state index contributed by atoms with van der Waals surface area (Å²) in [6.45, 7) is 8.85. The van der Waals surface area contributed by atoms with Gasteiger partial charge in [0.15, 0.2) is 0 Å². The number of hydrogen-bond acceptors (Lipinski definition) is 1. The SMILES string of the molecule is CCC1CCC(N)(c2cc(C)c(C)cc2C)C1. The van der Waals surface area contributed by atoms with E-state index in [2.05, 4.69) is 39.8 Å². The van der Waals surface area contributed by atoms with Crippen LogP contribution in [-0.2, 0) is 5.54 Å². The van der Waals surface area contributed by atoms with E-state index in [4.69, 9.17) is 5.73 Å². The summed E-state index contributed by atoms with van der Waals surface area (Å²) in [5.74, 6) is 0.820. The van der Waals surface area contributed by atoms with Crippen molar-refractivity contribution in [2.24, 2.45) is 11.7 Å². The molecule has 2 atom stereocenters. The van der Waals surface area contributed by atoms with E-state index in [1.807, 2.05) is 0 Å². The highest BCUT2D eigenvalue weighted by molar-refractivity contribution is 5.41. The lowest BCUT2D eigenvalue weighted by Gasteiger charge is -2.28. The summed E-state index contributed by atoms with van der Waals surface area (Å²) in [6.07, 6.45) is 4.86. The summed E-state index contributed by atoms with van der Waals surface area (Å²) in [4.78, 5) is 0. The van der Waals surface area contributed by atoms with Gasteiger partial charge in [-0.05, 0) is 68.2 Å². The first-order valence-electron chi connectivity index (χ1n) is 6.83. The summed E-state index contributed by atoms with van der Waals surface area (Å²) in [6, 6.07) is 4.61. The van der Waals surface area contributed by atoms with Crippen LogP contribution in [0.15, 0.2) is 12.1 Å². The van der Waals surface area contributed by atoms with Crippen molar-refractivity contribution in [2.75, 3.05) is 0 Å². The molecule has 0 aromatic heterocycles. The maximum Gasteiger partial charge on any atom is 0.0415 e. The fourth-order valence-corrected chi connectivity index (χ4v) is 3.27. The summed E-state index contributed by atoms with van der Waals surface area (Å²) >= 11 is 0. The summed E-state index contributed by atoms with van der Waals surface area (Å²) in [5.41, 5.74) is 12.1. The Kier molecular flexibility index (Phi) is 3.31. The molecule has 0 amide bonds. The van der Waals surface area contributed by atoms with Crippen molar-refractivity contribution >= 4 is 0 Å². The van der Waals surface area contributed by atoms with Crippen molar-refractivity contribution in [1.82, 2.24) is 0 Å². The molecule has 0 bridgehead atoms. The number of nitrogens with two attached hydrogens (primary N) is 1. The normalized spacial score (nSPS) is 28.6. The largest absolute Gasteiger partial charge is 0.321 e. The summed E-state index contributed by atoms with van der Waals surface area (Å²) in [5, 5.41) is 0. The first-order valence-corrected chi connectivity index (χ1v) is 6.83. The Bertz CT molecular complexity index is 422. The van der Waals surface area contributed by atoms with Crippen LogP contribution < -0.4 is 5.73 Å². The Morgan fingerprint density at radius 2 is 1.82 bits per heavy atom. The van der Waals surface area contributed by atoms with Crippen LogP contribution in [0.2, 0.25) is 0 Å². The van der Waals surface area contributed by atoms with Crippen molar-refractivity contribution < 1.29 is 0 Å². The Morgan fingerprint density at radius 3 is 2.41 bits per heavy atom. The van der Waals surface area contributed by atoms with Gasteiger partial charge in [0.25, 0.3) is 0 Å². The van der Waals surface area contributed by atoms with Crippen LogP contribution in [0.4, 0.5) is 0 Å². The Hall–Kier alpha value is -0.820. The fraction of sp³-hybridized carbons (Fsp3) is 0.625. The van der Waals surface area contributed by atoms with E-state index in [9.17, 15) is 0 Å². The molecule has 17 heavy (non-hydrogen) atoms. The minimum Gasteiger partial charge on any atom is -0.321 e. The molecule has 1 nitrogen and oxygen atoms in total. The molecule has 1 heteroatoms. The van der Waals surface area contributed by atoms with E-state index in [0.29, 0.717) is 0 Å². The standard InChI is InChI=1S/C16H25N/c1-5-14-6-7-16(17,10-14)15-9-12(3)11(2)8-13(15)4/h8-9,14H,5-7,10,17H2,1-4H3. The minimum absolute atomic E-state index is 0.0662. The number of aryl methyl sites for hydroxylation is 3. The second-order valence-electron chi connectivity index (χ2n) is 5.92. The zero-order valence-corrected chi connectivity index (χ0v) is 11.6. The molecule has 2 N–H and O–H groups in total. The highest BCUT2D eigenvalue weighted by Gasteiger charge is 2.37. The van der Waals surface area contributed by atoms with Gasteiger partial charge in [-0.1, -0.05) is 25.5 Å². The molecule has 2 rings (SSSR count). The molecule has 0 heterocycles. The van der Waals surface area contributed by atoms with Crippen LogP contribution in [0.3, 0.4) is 0 Å². The topological polar surface area (TPSA) is 26.0 Å². The molecule has 0 saturated heterocycles. The zero-order valence-electron chi connectivity index (χ0n) is 11.6. The second kappa shape index (κ2) is 4.45. The van der Waals surface area contributed by atoms with Gasteiger partial charge in [-0.2, -0.15) is 0 Å². The third-order valence-electron chi connectivity index (χ3n) is 4.61. The van der Waals surface area contributed by atoms with Gasteiger partial charge in [0.05, 0.1) is 0 Å². The number of benzene rings is 1. The van der Waals surface area contributed by atoms with Gasteiger partial charge in [-0.25, -0.2) is 0 Å². The van der Waals surface area contributed by atoms with Crippen LogP contribution in [-0.4, -0.2) is 0 Å². The summed E-state index contributed by atoms with van der Waals surface area (Å²) < 4.78 is 0. The van der Waals surface area contributed by atoms with E-state index in [1.165, 1.54) is 35.1 Å². The average molecular weight is 231 g/mol. The first-order chi connectivity index (χ1) is 7.96. The lowest BCUT2D eigenvalue weighted by atomic mass is 9.83. The van der Waals surface area contributed by atoms with Crippen LogP contribution >= 0.6 is 0 Å². The quantitative estimate of drug-likeness (QED) is 0.818. The fourth-order valence-electron chi connectivity index (χ4n) is 3.27. The predicted molar refractivity (Wildman–Crippen MR) is 74.2 cm³/mol. The van der Waals surface area contributed by atoms with Gasteiger partial charge in [0, 0.05) is 5.54 Å². The Labute approximate surface area is 105 Å². The smallest absolute Gasteiger partial charge is 0.0415 e. The lowest BCUT2D eigenvalue weighted by molar-refractivity contribution is 0.422. The highest BCUT2D eigenvalue weighted by atomic mass is 14.8. The molecule has 0 aliphatic heterocycles. The number of hydrogen-bond donors (Lipinski definition) is 1. The predicted octanol–water partition coefficient (Wildman–Crippen LogP) is 3.98. The Morgan fingerprint density at radius 1 is 1.18 bits per heavy atom. The van der Waals surface area contributed by atoms with E-state index in [0.717, 1.165) is 18.8 Å². The molecule has 2 unspecified atom stereocenters. The van der Waals surface area contributed by atoms with E-state index < -0.39 is 0 Å².